The highest BCUT2D eigenvalue weighted by atomic mass is 16.5. The number of piperidine rings is 1. The SMILES string of the molecule is CN1CCC[C@@H](Oc2ccc(Nc3ncnc(N4CCN(c5ncc(Cc6ccccc6)cn5)CC4)n3)cc2)C1. The van der Waals surface area contributed by atoms with Gasteiger partial charge in [-0.15, -0.1) is 0 Å². The summed E-state index contributed by atoms with van der Waals surface area (Å²) in [6.45, 7) is 5.26. The molecule has 0 spiro atoms. The van der Waals surface area contributed by atoms with Gasteiger partial charge in [0.15, 0.2) is 0 Å². The number of likely N-dealkylation sites (tertiary alicyclic amines) is 1. The molecule has 40 heavy (non-hydrogen) atoms. The number of piperazine rings is 1. The molecule has 2 saturated heterocycles. The van der Waals surface area contributed by atoms with Gasteiger partial charge in [-0.2, -0.15) is 4.98 Å². The fraction of sp³-hybridized carbons (Fsp3) is 0.367. The summed E-state index contributed by atoms with van der Waals surface area (Å²) in [5.41, 5.74) is 3.27. The lowest BCUT2D eigenvalue weighted by Gasteiger charge is -2.34. The molecule has 4 heterocycles. The van der Waals surface area contributed by atoms with Crippen LogP contribution in [0.1, 0.15) is 24.0 Å². The number of hydrogen-bond acceptors (Lipinski definition) is 10. The molecule has 0 bridgehead atoms. The zero-order chi connectivity index (χ0) is 27.1. The standard InChI is InChI=1S/C30H35N9O/c1-37-13-5-8-27(21-37)40-26-11-9-25(10-12-26)35-28-33-22-34-30(36-28)39-16-14-38(15-17-39)29-31-19-24(20-32-29)18-23-6-3-2-4-7-23/h2-4,6-7,9-12,19-20,22,27H,5,8,13-18,21H2,1H3,(H,33,34,35,36)/t27-/m1/s1. The second kappa shape index (κ2) is 12.3. The smallest absolute Gasteiger partial charge is 0.231 e. The van der Waals surface area contributed by atoms with Crippen molar-refractivity contribution in [2.75, 3.05) is 61.4 Å². The third-order valence-corrected chi connectivity index (χ3v) is 7.34. The summed E-state index contributed by atoms with van der Waals surface area (Å²) in [5, 5.41) is 3.30. The molecule has 6 rings (SSSR count). The molecule has 206 valence electrons. The fourth-order valence-electron chi connectivity index (χ4n) is 5.19. The largest absolute Gasteiger partial charge is 0.489 e. The normalized spacial score (nSPS) is 18.0. The molecule has 2 fully saturated rings. The van der Waals surface area contributed by atoms with Crippen LogP contribution in [0, 0.1) is 0 Å². The number of hydrogen-bond donors (Lipinski definition) is 1. The van der Waals surface area contributed by atoms with E-state index in [9.17, 15) is 0 Å². The van der Waals surface area contributed by atoms with Crippen LogP contribution in [0.25, 0.3) is 0 Å². The number of ether oxygens (including phenoxy) is 1. The van der Waals surface area contributed by atoms with E-state index in [1.807, 2.05) is 42.7 Å². The van der Waals surface area contributed by atoms with Gasteiger partial charge in [0, 0.05) is 57.2 Å². The van der Waals surface area contributed by atoms with Crippen LogP contribution < -0.4 is 19.9 Å². The van der Waals surface area contributed by atoms with E-state index < -0.39 is 0 Å². The van der Waals surface area contributed by atoms with Gasteiger partial charge in [0.05, 0.1) is 0 Å². The minimum atomic E-state index is 0.245. The van der Waals surface area contributed by atoms with Crippen molar-refractivity contribution in [2.24, 2.45) is 0 Å². The van der Waals surface area contributed by atoms with Crippen molar-refractivity contribution in [2.45, 2.75) is 25.4 Å². The highest BCUT2D eigenvalue weighted by Crippen LogP contribution is 2.22. The molecule has 2 aromatic carbocycles. The number of likely N-dealkylation sites (N-methyl/N-ethyl adjacent to an activating group) is 1. The zero-order valence-corrected chi connectivity index (χ0v) is 22.9. The minimum Gasteiger partial charge on any atom is -0.489 e. The van der Waals surface area contributed by atoms with Crippen molar-refractivity contribution in [3.05, 3.63) is 84.4 Å². The Balaban J connectivity index is 1.01. The van der Waals surface area contributed by atoms with Crippen molar-refractivity contribution in [1.29, 1.82) is 0 Å². The van der Waals surface area contributed by atoms with Gasteiger partial charge < -0.3 is 24.8 Å². The Bertz CT molecular complexity index is 1360. The van der Waals surface area contributed by atoms with Crippen LogP contribution in [0.15, 0.2) is 73.3 Å². The van der Waals surface area contributed by atoms with Crippen molar-refractivity contribution >= 4 is 23.5 Å². The molecule has 0 saturated carbocycles. The average Bonchev–Trinajstić information content (AvgIpc) is 2.99. The van der Waals surface area contributed by atoms with Gasteiger partial charge in [-0.05, 0) is 61.8 Å². The highest BCUT2D eigenvalue weighted by molar-refractivity contribution is 5.55. The van der Waals surface area contributed by atoms with Crippen molar-refractivity contribution in [1.82, 2.24) is 29.8 Å². The lowest BCUT2D eigenvalue weighted by molar-refractivity contribution is 0.104. The maximum absolute atomic E-state index is 6.17. The van der Waals surface area contributed by atoms with Crippen molar-refractivity contribution in [3.8, 4) is 5.75 Å². The molecular weight excluding hydrogens is 502 g/mol. The summed E-state index contributed by atoms with van der Waals surface area (Å²) >= 11 is 0. The van der Waals surface area contributed by atoms with Gasteiger partial charge >= 0.3 is 0 Å². The summed E-state index contributed by atoms with van der Waals surface area (Å²) in [5.74, 6) is 2.83. The molecule has 0 aliphatic carbocycles. The molecule has 0 amide bonds. The van der Waals surface area contributed by atoms with Crippen LogP contribution in [-0.2, 0) is 6.42 Å². The van der Waals surface area contributed by atoms with Crippen molar-refractivity contribution < 1.29 is 4.74 Å². The molecule has 10 nitrogen and oxygen atoms in total. The predicted octanol–water partition coefficient (Wildman–Crippen LogP) is 3.80. The Hall–Kier alpha value is -4.31. The Kier molecular flexibility index (Phi) is 7.95. The number of aromatic nitrogens is 5. The van der Waals surface area contributed by atoms with E-state index in [0.29, 0.717) is 11.9 Å². The number of nitrogens with one attached hydrogen (secondary N) is 1. The van der Waals surface area contributed by atoms with E-state index in [4.69, 9.17) is 4.74 Å². The predicted molar refractivity (Wildman–Crippen MR) is 156 cm³/mol. The number of rotatable bonds is 8. The quantitative estimate of drug-likeness (QED) is 0.358. The van der Waals surface area contributed by atoms with E-state index in [0.717, 1.165) is 75.1 Å². The maximum atomic E-state index is 6.17. The molecule has 10 heteroatoms. The van der Waals surface area contributed by atoms with E-state index in [-0.39, 0.29) is 6.10 Å². The van der Waals surface area contributed by atoms with Gasteiger partial charge in [-0.25, -0.2) is 19.9 Å². The topological polar surface area (TPSA) is 95.4 Å². The van der Waals surface area contributed by atoms with Crippen LogP contribution >= 0.6 is 0 Å². The molecule has 1 N–H and O–H groups in total. The zero-order valence-electron chi connectivity index (χ0n) is 22.9. The van der Waals surface area contributed by atoms with E-state index in [1.165, 1.54) is 12.0 Å². The maximum Gasteiger partial charge on any atom is 0.231 e. The Morgan fingerprint density at radius 1 is 0.800 bits per heavy atom. The third-order valence-electron chi connectivity index (χ3n) is 7.34. The Labute approximate surface area is 235 Å². The van der Waals surface area contributed by atoms with Crippen LogP contribution in [0.2, 0.25) is 0 Å². The van der Waals surface area contributed by atoms with E-state index in [2.05, 4.69) is 76.2 Å². The van der Waals surface area contributed by atoms with Crippen LogP contribution in [-0.4, -0.2) is 82.2 Å². The number of benzene rings is 2. The molecule has 0 unspecified atom stereocenters. The summed E-state index contributed by atoms with van der Waals surface area (Å²) < 4.78 is 6.17. The van der Waals surface area contributed by atoms with E-state index >= 15 is 0 Å². The second-order valence-electron chi connectivity index (χ2n) is 10.4. The first-order valence-electron chi connectivity index (χ1n) is 13.9. The molecule has 2 aromatic heterocycles. The molecule has 2 aliphatic rings. The van der Waals surface area contributed by atoms with Gasteiger partial charge in [0.2, 0.25) is 17.8 Å². The number of anilines is 4. The summed E-state index contributed by atoms with van der Waals surface area (Å²) in [4.78, 5) is 29.4. The molecule has 2 aliphatic heterocycles. The average molecular weight is 538 g/mol. The Morgan fingerprint density at radius 2 is 1.52 bits per heavy atom. The first kappa shape index (κ1) is 25.9. The van der Waals surface area contributed by atoms with E-state index in [1.54, 1.807) is 6.33 Å². The van der Waals surface area contributed by atoms with Crippen LogP contribution in [0.5, 0.6) is 5.75 Å². The van der Waals surface area contributed by atoms with Gasteiger partial charge in [0.1, 0.15) is 18.2 Å². The fourth-order valence-corrected chi connectivity index (χ4v) is 5.19. The van der Waals surface area contributed by atoms with Gasteiger partial charge in [-0.3, -0.25) is 0 Å². The van der Waals surface area contributed by atoms with Gasteiger partial charge in [-0.1, -0.05) is 30.3 Å². The molecular formula is C30H35N9O. The lowest BCUT2D eigenvalue weighted by atomic mass is 10.1. The van der Waals surface area contributed by atoms with Crippen LogP contribution in [0.3, 0.4) is 0 Å². The van der Waals surface area contributed by atoms with Crippen molar-refractivity contribution in [3.63, 3.8) is 0 Å². The highest BCUT2D eigenvalue weighted by Gasteiger charge is 2.22. The number of nitrogens with zero attached hydrogens (tertiary/aromatic N) is 8. The van der Waals surface area contributed by atoms with Gasteiger partial charge in [0.25, 0.3) is 0 Å². The van der Waals surface area contributed by atoms with Crippen LogP contribution in [0.4, 0.5) is 23.5 Å². The summed E-state index contributed by atoms with van der Waals surface area (Å²) in [6, 6.07) is 18.4. The second-order valence-corrected chi connectivity index (χ2v) is 10.4. The third kappa shape index (κ3) is 6.63. The lowest BCUT2D eigenvalue weighted by Crippen LogP contribution is -2.47. The molecule has 1 atom stereocenters. The minimum absolute atomic E-state index is 0.245. The summed E-state index contributed by atoms with van der Waals surface area (Å²) in [6.07, 6.45) is 8.77. The monoisotopic (exact) mass is 537 g/mol. The Morgan fingerprint density at radius 3 is 2.25 bits per heavy atom. The first-order chi connectivity index (χ1) is 19.7. The molecule has 4 aromatic rings. The first-order valence-corrected chi connectivity index (χ1v) is 13.9. The molecule has 0 radical (unpaired) electrons. The summed E-state index contributed by atoms with van der Waals surface area (Å²) in [7, 11) is 2.14.